The molecule has 0 saturated heterocycles. The molecule has 3 heterocycles. The van der Waals surface area contributed by atoms with Crippen molar-refractivity contribution < 1.29 is 4.79 Å². The van der Waals surface area contributed by atoms with Gasteiger partial charge in [0.15, 0.2) is 0 Å². The summed E-state index contributed by atoms with van der Waals surface area (Å²) in [4.78, 5) is 33.9. The van der Waals surface area contributed by atoms with Crippen molar-refractivity contribution >= 4 is 27.7 Å². The molecule has 27 heavy (non-hydrogen) atoms. The Hall–Kier alpha value is -3.41. The molecule has 6 nitrogen and oxygen atoms in total. The molecular formula is C21H18N4O2. The van der Waals surface area contributed by atoms with Gasteiger partial charge in [0.2, 0.25) is 5.91 Å². The molecule has 0 bridgehead atoms. The highest BCUT2D eigenvalue weighted by Crippen LogP contribution is 2.28. The summed E-state index contributed by atoms with van der Waals surface area (Å²) < 4.78 is 1.58. The van der Waals surface area contributed by atoms with Gasteiger partial charge in [-0.1, -0.05) is 30.3 Å². The number of carbonyl (C=O) groups excluding carboxylic acids is 1. The molecule has 0 fully saturated rings. The average Bonchev–Trinajstić information content (AvgIpc) is 3.08. The number of aromatic amines is 1. The Kier molecular flexibility index (Phi) is 3.40. The molecule has 6 heteroatoms. The molecule has 2 aromatic carbocycles. The van der Waals surface area contributed by atoms with Crippen molar-refractivity contribution in [1.82, 2.24) is 19.9 Å². The molecule has 0 radical (unpaired) electrons. The summed E-state index contributed by atoms with van der Waals surface area (Å²) in [5.74, 6) is 0.447. The van der Waals surface area contributed by atoms with Gasteiger partial charge in [0.25, 0.3) is 5.56 Å². The number of benzene rings is 2. The number of hydrogen-bond donors (Lipinski definition) is 2. The first-order chi connectivity index (χ1) is 13.1. The number of nitrogens with one attached hydrogen (secondary N) is 2. The van der Waals surface area contributed by atoms with Crippen molar-refractivity contribution in [2.45, 2.75) is 25.4 Å². The second kappa shape index (κ2) is 5.81. The summed E-state index contributed by atoms with van der Waals surface area (Å²) in [6.07, 6.45) is 2.34. The standard InChI is InChI=1S/C21H18N4O2/c1-12-19-24-17-9-5-3-7-15(17)21(27)25(19)18(20(26)23-12)10-13-11-22-16-8-4-2-6-14(13)16/h2-9,11-12,18,22H,10H2,1H3,(H,23,26). The highest BCUT2D eigenvalue weighted by molar-refractivity contribution is 5.87. The van der Waals surface area contributed by atoms with Crippen LogP contribution in [0.1, 0.15) is 30.4 Å². The van der Waals surface area contributed by atoms with Gasteiger partial charge in [-0.25, -0.2) is 4.98 Å². The van der Waals surface area contributed by atoms with Crippen LogP contribution in [0, 0.1) is 0 Å². The lowest BCUT2D eigenvalue weighted by Crippen LogP contribution is -2.47. The van der Waals surface area contributed by atoms with Crippen LogP contribution in [0.5, 0.6) is 0 Å². The lowest BCUT2D eigenvalue weighted by molar-refractivity contribution is -0.126. The fraction of sp³-hybridized carbons (Fsp3) is 0.190. The summed E-state index contributed by atoms with van der Waals surface area (Å²) in [7, 11) is 0. The van der Waals surface area contributed by atoms with Gasteiger partial charge in [-0.3, -0.25) is 14.2 Å². The predicted octanol–water partition coefficient (Wildman–Crippen LogP) is 2.85. The third-order valence-corrected chi connectivity index (χ3v) is 5.28. The van der Waals surface area contributed by atoms with Gasteiger partial charge < -0.3 is 10.3 Å². The number of nitrogens with zero attached hydrogens (tertiary/aromatic N) is 2. The number of rotatable bonds is 2. The summed E-state index contributed by atoms with van der Waals surface area (Å²) in [5, 5.41) is 4.56. The predicted molar refractivity (Wildman–Crippen MR) is 104 cm³/mol. The number of H-pyrrole nitrogens is 1. The van der Waals surface area contributed by atoms with Crippen molar-refractivity contribution in [3.8, 4) is 0 Å². The minimum Gasteiger partial charge on any atom is -0.361 e. The monoisotopic (exact) mass is 358 g/mol. The van der Waals surface area contributed by atoms with Crippen LogP contribution >= 0.6 is 0 Å². The first-order valence-corrected chi connectivity index (χ1v) is 9.00. The molecule has 2 atom stereocenters. The van der Waals surface area contributed by atoms with Crippen LogP contribution in [0.2, 0.25) is 0 Å². The zero-order valence-corrected chi connectivity index (χ0v) is 14.8. The quantitative estimate of drug-likeness (QED) is 0.578. The Bertz CT molecular complexity index is 1250. The van der Waals surface area contributed by atoms with Gasteiger partial charge in [-0.15, -0.1) is 0 Å². The number of aromatic nitrogens is 3. The largest absolute Gasteiger partial charge is 0.361 e. The maximum absolute atomic E-state index is 13.2. The minimum absolute atomic E-state index is 0.153. The molecular weight excluding hydrogens is 340 g/mol. The van der Waals surface area contributed by atoms with Gasteiger partial charge in [0, 0.05) is 23.5 Å². The van der Waals surface area contributed by atoms with E-state index in [1.807, 2.05) is 55.6 Å². The Labute approximate surface area is 154 Å². The Morgan fingerprint density at radius 1 is 1.04 bits per heavy atom. The highest BCUT2D eigenvalue weighted by Gasteiger charge is 2.34. The lowest BCUT2D eigenvalue weighted by atomic mass is 10.0. The van der Waals surface area contributed by atoms with E-state index in [0.29, 0.717) is 23.1 Å². The van der Waals surface area contributed by atoms with Gasteiger partial charge in [0.1, 0.15) is 11.9 Å². The number of hydrogen-bond acceptors (Lipinski definition) is 3. The van der Waals surface area contributed by atoms with Crippen molar-refractivity contribution in [2.75, 3.05) is 0 Å². The maximum atomic E-state index is 13.2. The summed E-state index contributed by atoms with van der Waals surface area (Å²) in [6.45, 7) is 1.85. The SMILES string of the molecule is CC1NC(=O)C(Cc2c[nH]c3ccccc23)n2c1nc1ccccc1c2=O. The van der Waals surface area contributed by atoms with Gasteiger partial charge in [-0.05, 0) is 30.7 Å². The first kappa shape index (κ1) is 15.8. The van der Waals surface area contributed by atoms with E-state index in [1.165, 1.54) is 0 Å². The van der Waals surface area contributed by atoms with Crippen LogP contribution < -0.4 is 10.9 Å². The smallest absolute Gasteiger partial charge is 0.262 e. The maximum Gasteiger partial charge on any atom is 0.262 e. The third kappa shape index (κ3) is 2.37. The van der Waals surface area contributed by atoms with E-state index in [0.717, 1.165) is 16.5 Å². The zero-order valence-electron chi connectivity index (χ0n) is 14.8. The highest BCUT2D eigenvalue weighted by atomic mass is 16.2. The first-order valence-electron chi connectivity index (χ1n) is 9.00. The van der Waals surface area contributed by atoms with E-state index in [1.54, 1.807) is 10.6 Å². The molecule has 0 aliphatic carbocycles. The van der Waals surface area contributed by atoms with E-state index in [-0.39, 0.29) is 17.5 Å². The Morgan fingerprint density at radius 2 is 1.78 bits per heavy atom. The van der Waals surface area contributed by atoms with Crippen LogP contribution in [0.3, 0.4) is 0 Å². The van der Waals surface area contributed by atoms with E-state index < -0.39 is 6.04 Å². The molecule has 5 rings (SSSR count). The van der Waals surface area contributed by atoms with Crippen LogP contribution in [-0.4, -0.2) is 20.4 Å². The summed E-state index contributed by atoms with van der Waals surface area (Å²) >= 11 is 0. The summed E-state index contributed by atoms with van der Waals surface area (Å²) in [5.41, 5.74) is 2.51. The normalized spacial score (nSPS) is 19.2. The van der Waals surface area contributed by atoms with E-state index in [4.69, 9.17) is 0 Å². The van der Waals surface area contributed by atoms with Crippen LogP contribution in [0.25, 0.3) is 21.8 Å². The van der Waals surface area contributed by atoms with Crippen molar-refractivity contribution in [3.63, 3.8) is 0 Å². The van der Waals surface area contributed by atoms with Crippen molar-refractivity contribution in [2.24, 2.45) is 0 Å². The summed E-state index contributed by atoms with van der Waals surface area (Å²) in [6, 6.07) is 14.3. The number of carbonyl (C=O) groups is 1. The molecule has 2 unspecified atom stereocenters. The molecule has 0 spiro atoms. The van der Waals surface area contributed by atoms with E-state index in [9.17, 15) is 9.59 Å². The molecule has 0 saturated carbocycles. The number of para-hydroxylation sites is 2. The Morgan fingerprint density at radius 3 is 2.63 bits per heavy atom. The van der Waals surface area contributed by atoms with Gasteiger partial charge in [-0.2, -0.15) is 0 Å². The molecule has 1 amide bonds. The molecule has 1 aliphatic heterocycles. The number of fused-ring (bicyclic) bond motifs is 3. The van der Waals surface area contributed by atoms with Gasteiger partial charge >= 0.3 is 0 Å². The molecule has 134 valence electrons. The number of amides is 1. The molecule has 2 N–H and O–H groups in total. The Balaban J connectivity index is 1.70. The van der Waals surface area contributed by atoms with Gasteiger partial charge in [0.05, 0.1) is 16.9 Å². The van der Waals surface area contributed by atoms with Crippen LogP contribution in [0.4, 0.5) is 0 Å². The third-order valence-electron chi connectivity index (χ3n) is 5.28. The second-order valence-electron chi connectivity index (χ2n) is 6.97. The molecule has 2 aromatic heterocycles. The van der Waals surface area contributed by atoms with Crippen LogP contribution in [-0.2, 0) is 11.2 Å². The van der Waals surface area contributed by atoms with Crippen molar-refractivity contribution in [1.29, 1.82) is 0 Å². The van der Waals surface area contributed by atoms with Crippen molar-refractivity contribution in [3.05, 3.63) is 76.5 Å². The van der Waals surface area contributed by atoms with Crippen LogP contribution in [0.15, 0.2) is 59.5 Å². The minimum atomic E-state index is -0.625. The fourth-order valence-electron chi connectivity index (χ4n) is 3.95. The topological polar surface area (TPSA) is 79.8 Å². The zero-order chi connectivity index (χ0) is 18.5. The molecule has 1 aliphatic rings. The molecule has 4 aromatic rings. The fourth-order valence-corrected chi connectivity index (χ4v) is 3.95. The van der Waals surface area contributed by atoms with E-state index >= 15 is 0 Å². The second-order valence-corrected chi connectivity index (χ2v) is 6.97. The lowest BCUT2D eigenvalue weighted by Gasteiger charge is -2.31. The average molecular weight is 358 g/mol. The van der Waals surface area contributed by atoms with E-state index in [2.05, 4.69) is 15.3 Å².